The molecule has 1 aliphatic heterocycles. The van der Waals surface area contributed by atoms with Gasteiger partial charge in [0.25, 0.3) is 0 Å². The highest BCUT2D eigenvalue weighted by molar-refractivity contribution is 5.81. The molecule has 5 nitrogen and oxygen atoms in total. The molecule has 25 heavy (non-hydrogen) atoms. The zero-order valence-electron chi connectivity index (χ0n) is 14.4. The average molecular weight is 334 g/mol. The van der Waals surface area contributed by atoms with Crippen LogP contribution in [0.4, 0.5) is 0 Å². The number of likely N-dealkylation sites (tertiary alicyclic amines) is 1. The Morgan fingerprint density at radius 1 is 1.20 bits per heavy atom. The van der Waals surface area contributed by atoms with Gasteiger partial charge in [-0.2, -0.15) is 0 Å². The van der Waals surface area contributed by atoms with E-state index in [1.54, 1.807) is 6.20 Å². The van der Waals surface area contributed by atoms with Crippen molar-refractivity contribution in [2.45, 2.75) is 38.8 Å². The van der Waals surface area contributed by atoms with Gasteiger partial charge in [0, 0.05) is 19.2 Å². The average Bonchev–Trinajstić information content (AvgIpc) is 3.27. The molecule has 3 heterocycles. The summed E-state index contributed by atoms with van der Waals surface area (Å²) in [4.78, 5) is 24.2. The predicted molar refractivity (Wildman–Crippen MR) is 97.0 cm³/mol. The Balaban J connectivity index is 1.62. The maximum absolute atomic E-state index is 13.1. The standard InChI is InChI=1S/C20H22N4O/c1-2-19-22-16-9-3-4-10-18(16)24(19)14-20(25)23-13-7-11-17(23)15-8-5-6-12-21-15/h3-6,8-10,12,17H,2,7,11,13-14H2,1H3/t17-/m0/s1. The normalized spacial score (nSPS) is 17.3. The Hall–Kier alpha value is -2.69. The van der Waals surface area contributed by atoms with Gasteiger partial charge in [-0.15, -0.1) is 0 Å². The summed E-state index contributed by atoms with van der Waals surface area (Å²) in [7, 11) is 0. The molecule has 1 saturated heterocycles. The van der Waals surface area contributed by atoms with Gasteiger partial charge in [0.05, 0.1) is 22.8 Å². The van der Waals surface area contributed by atoms with Crippen LogP contribution >= 0.6 is 0 Å². The van der Waals surface area contributed by atoms with E-state index in [2.05, 4.69) is 21.5 Å². The molecule has 1 atom stereocenters. The number of hydrogen-bond donors (Lipinski definition) is 0. The van der Waals surface area contributed by atoms with Crippen molar-refractivity contribution in [2.75, 3.05) is 6.54 Å². The van der Waals surface area contributed by atoms with E-state index in [9.17, 15) is 4.79 Å². The van der Waals surface area contributed by atoms with Crippen molar-refractivity contribution in [1.29, 1.82) is 0 Å². The van der Waals surface area contributed by atoms with Crippen LogP contribution in [-0.2, 0) is 17.8 Å². The lowest BCUT2D eigenvalue weighted by Crippen LogP contribution is -2.34. The van der Waals surface area contributed by atoms with Crippen LogP contribution in [0.3, 0.4) is 0 Å². The zero-order valence-corrected chi connectivity index (χ0v) is 14.4. The molecule has 1 fully saturated rings. The highest BCUT2D eigenvalue weighted by Gasteiger charge is 2.31. The molecule has 1 amide bonds. The number of carbonyl (C=O) groups excluding carboxylic acids is 1. The smallest absolute Gasteiger partial charge is 0.243 e. The van der Waals surface area contributed by atoms with Crippen LogP contribution in [0.2, 0.25) is 0 Å². The number of aryl methyl sites for hydroxylation is 1. The Morgan fingerprint density at radius 2 is 2.04 bits per heavy atom. The molecule has 1 aliphatic rings. The first-order valence-electron chi connectivity index (χ1n) is 8.92. The molecule has 0 spiro atoms. The molecule has 0 saturated carbocycles. The van der Waals surface area contributed by atoms with Crippen molar-refractivity contribution in [3.05, 3.63) is 60.2 Å². The van der Waals surface area contributed by atoms with Gasteiger partial charge in [-0.1, -0.05) is 25.1 Å². The van der Waals surface area contributed by atoms with Gasteiger partial charge in [-0.3, -0.25) is 9.78 Å². The van der Waals surface area contributed by atoms with Crippen molar-refractivity contribution >= 4 is 16.9 Å². The number of aromatic nitrogens is 3. The summed E-state index contributed by atoms with van der Waals surface area (Å²) in [6.07, 6.45) is 4.62. The van der Waals surface area contributed by atoms with Gasteiger partial charge in [0.15, 0.2) is 0 Å². The van der Waals surface area contributed by atoms with E-state index in [0.29, 0.717) is 6.54 Å². The van der Waals surface area contributed by atoms with E-state index < -0.39 is 0 Å². The van der Waals surface area contributed by atoms with E-state index in [4.69, 9.17) is 0 Å². The summed E-state index contributed by atoms with van der Waals surface area (Å²) in [5, 5.41) is 0. The summed E-state index contributed by atoms with van der Waals surface area (Å²) < 4.78 is 2.06. The minimum atomic E-state index is 0.0913. The molecule has 0 aliphatic carbocycles. The highest BCUT2D eigenvalue weighted by atomic mass is 16.2. The molecular formula is C20H22N4O. The third-order valence-electron chi connectivity index (χ3n) is 4.95. The van der Waals surface area contributed by atoms with E-state index in [0.717, 1.165) is 48.4 Å². The molecule has 0 unspecified atom stereocenters. The first kappa shape index (κ1) is 15.8. The lowest BCUT2D eigenvalue weighted by Gasteiger charge is -2.25. The van der Waals surface area contributed by atoms with Crippen LogP contribution in [0, 0.1) is 0 Å². The molecule has 3 aromatic rings. The van der Waals surface area contributed by atoms with Crippen LogP contribution in [0.15, 0.2) is 48.7 Å². The van der Waals surface area contributed by atoms with Crippen molar-refractivity contribution in [3.63, 3.8) is 0 Å². The van der Waals surface area contributed by atoms with Gasteiger partial charge >= 0.3 is 0 Å². The van der Waals surface area contributed by atoms with Gasteiger partial charge < -0.3 is 9.47 Å². The molecule has 0 bridgehead atoms. The zero-order chi connectivity index (χ0) is 17.2. The third-order valence-corrected chi connectivity index (χ3v) is 4.95. The number of amides is 1. The topological polar surface area (TPSA) is 51.0 Å². The number of fused-ring (bicyclic) bond motifs is 1. The minimum absolute atomic E-state index is 0.0913. The fourth-order valence-electron chi connectivity index (χ4n) is 3.74. The second-order valence-corrected chi connectivity index (χ2v) is 6.46. The lowest BCUT2D eigenvalue weighted by atomic mass is 10.1. The number of carbonyl (C=O) groups is 1. The second-order valence-electron chi connectivity index (χ2n) is 6.46. The number of para-hydroxylation sites is 2. The number of hydrogen-bond acceptors (Lipinski definition) is 3. The van der Waals surface area contributed by atoms with Crippen molar-refractivity contribution < 1.29 is 4.79 Å². The fourth-order valence-corrected chi connectivity index (χ4v) is 3.74. The largest absolute Gasteiger partial charge is 0.333 e. The Kier molecular flexibility index (Phi) is 4.22. The monoisotopic (exact) mass is 334 g/mol. The Labute approximate surface area is 147 Å². The maximum atomic E-state index is 13.1. The molecular weight excluding hydrogens is 312 g/mol. The first-order chi connectivity index (χ1) is 12.3. The molecule has 4 rings (SSSR count). The second kappa shape index (κ2) is 6.67. The Bertz CT molecular complexity index is 887. The van der Waals surface area contributed by atoms with Crippen molar-refractivity contribution in [2.24, 2.45) is 0 Å². The fraction of sp³-hybridized carbons (Fsp3) is 0.350. The molecule has 0 N–H and O–H groups in total. The number of nitrogens with zero attached hydrogens (tertiary/aromatic N) is 4. The van der Waals surface area contributed by atoms with E-state index in [1.165, 1.54) is 0 Å². The molecule has 0 radical (unpaired) electrons. The third kappa shape index (κ3) is 2.90. The predicted octanol–water partition coefficient (Wildman–Crippen LogP) is 3.36. The van der Waals surface area contributed by atoms with Gasteiger partial charge in [-0.25, -0.2) is 4.98 Å². The van der Waals surface area contributed by atoms with E-state index in [-0.39, 0.29) is 11.9 Å². The van der Waals surface area contributed by atoms with Crippen LogP contribution in [0.5, 0.6) is 0 Å². The number of imidazole rings is 1. The molecule has 128 valence electrons. The minimum Gasteiger partial charge on any atom is -0.333 e. The van der Waals surface area contributed by atoms with Crippen LogP contribution in [0.1, 0.15) is 37.3 Å². The first-order valence-corrected chi connectivity index (χ1v) is 8.92. The number of pyridine rings is 1. The molecule has 5 heteroatoms. The quantitative estimate of drug-likeness (QED) is 0.735. The van der Waals surface area contributed by atoms with Crippen molar-refractivity contribution in [3.8, 4) is 0 Å². The van der Waals surface area contributed by atoms with Gasteiger partial charge in [-0.05, 0) is 37.1 Å². The van der Waals surface area contributed by atoms with E-state index in [1.807, 2.05) is 47.4 Å². The SMILES string of the molecule is CCc1nc2ccccc2n1CC(=O)N1CCC[C@H]1c1ccccn1. The lowest BCUT2D eigenvalue weighted by molar-refractivity contribution is -0.132. The summed E-state index contributed by atoms with van der Waals surface area (Å²) >= 11 is 0. The summed E-state index contributed by atoms with van der Waals surface area (Å²) in [6, 6.07) is 14.0. The van der Waals surface area contributed by atoms with Gasteiger partial charge in [0.2, 0.25) is 5.91 Å². The summed E-state index contributed by atoms with van der Waals surface area (Å²) in [5.74, 6) is 1.11. The van der Waals surface area contributed by atoms with Crippen LogP contribution < -0.4 is 0 Å². The number of benzene rings is 1. The summed E-state index contributed by atoms with van der Waals surface area (Å²) in [6.45, 7) is 3.22. The maximum Gasteiger partial charge on any atom is 0.243 e. The summed E-state index contributed by atoms with van der Waals surface area (Å²) in [5.41, 5.74) is 2.97. The Morgan fingerprint density at radius 3 is 2.84 bits per heavy atom. The van der Waals surface area contributed by atoms with Crippen LogP contribution in [0.25, 0.3) is 11.0 Å². The highest BCUT2D eigenvalue weighted by Crippen LogP contribution is 2.31. The van der Waals surface area contributed by atoms with E-state index >= 15 is 0 Å². The molecule has 2 aromatic heterocycles. The molecule has 1 aromatic carbocycles. The van der Waals surface area contributed by atoms with Crippen LogP contribution in [-0.4, -0.2) is 31.9 Å². The van der Waals surface area contributed by atoms with Gasteiger partial charge in [0.1, 0.15) is 12.4 Å². The van der Waals surface area contributed by atoms with Crippen molar-refractivity contribution in [1.82, 2.24) is 19.4 Å². The number of rotatable bonds is 4.